The first-order valence-electron chi connectivity index (χ1n) is 8.40. The zero-order valence-electron chi connectivity index (χ0n) is 14.2. The van der Waals surface area contributed by atoms with Crippen LogP contribution in [0.25, 0.3) is 0 Å². The number of hydrogen-bond acceptors (Lipinski definition) is 2. The molecular weight excluding hydrogens is 268 g/mol. The molecule has 122 valence electrons. The molecule has 0 aliphatic rings. The van der Waals surface area contributed by atoms with Crippen molar-refractivity contribution >= 4 is 16.9 Å². The van der Waals surface area contributed by atoms with Gasteiger partial charge in [-0.25, -0.2) is 0 Å². The SMILES string of the molecule is CC(=O)[O-].CCCCC[S+](CCCCC)CCCCC. The van der Waals surface area contributed by atoms with Crippen LogP contribution in [0.3, 0.4) is 0 Å². The lowest BCUT2D eigenvalue weighted by Gasteiger charge is -2.08. The highest BCUT2D eigenvalue weighted by atomic mass is 32.2. The minimum Gasteiger partial charge on any atom is -0.550 e. The van der Waals surface area contributed by atoms with Crippen molar-refractivity contribution in [2.45, 2.75) is 85.5 Å². The third kappa shape index (κ3) is 23.0. The van der Waals surface area contributed by atoms with Crippen molar-refractivity contribution in [3.63, 3.8) is 0 Å². The summed E-state index contributed by atoms with van der Waals surface area (Å²) < 4.78 is 0. The molecule has 0 fully saturated rings. The highest BCUT2D eigenvalue weighted by Crippen LogP contribution is 2.10. The van der Waals surface area contributed by atoms with Crippen LogP contribution in [0.15, 0.2) is 0 Å². The van der Waals surface area contributed by atoms with Gasteiger partial charge < -0.3 is 9.90 Å². The van der Waals surface area contributed by atoms with E-state index in [1.54, 1.807) is 0 Å². The maximum atomic E-state index is 8.89. The summed E-state index contributed by atoms with van der Waals surface area (Å²) in [6, 6.07) is 0. The first-order valence-corrected chi connectivity index (χ1v) is 10.1. The summed E-state index contributed by atoms with van der Waals surface area (Å²) in [6.45, 7) is 7.91. The third-order valence-electron chi connectivity index (χ3n) is 3.11. The lowest BCUT2D eigenvalue weighted by molar-refractivity contribution is -0.302. The number of aliphatic carboxylic acids is 1. The van der Waals surface area contributed by atoms with Crippen LogP contribution in [0.4, 0.5) is 0 Å². The molecule has 0 rings (SSSR count). The Kier molecular flexibility index (Phi) is 20.8. The Labute approximate surface area is 130 Å². The molecule has 0 heterocycles. The van der Waals surface area contributed by atoms with Gasteiger partial charge in [0.2, 0.25) is 0 Å². The molecule has 0 aliphatic carbocycles. The van der Waals surface area contributed by atoms with E-state index in [1.165, 1.54) is 75.0 Å². The molecule has 0 aromatic carbocycles. The molecule has 0 spiro atoms. The van der Waals surface area contributed by atoms with Crippen LogP contribution in [-0.4, -0.2) is 23.2 Å². The van der Waals surface area contributed by atoms with Gasteiger partial charge in [0.15, 0.2) is 0 Å². The lowest BCUT2D eigenvalue weighted by atomic mass is 10.3. The predicted molar refractivity (Wildman–Crippen MR) is 91.2 cm³/mol. The van der Waals surface area contributed by atoms with Gasteiger partial charge in [-0.3, -0.25) is 0 Å². The predicted octanol–water partition coefficient (Wildman–Crippen LogP) is 3.93. The molecule has 0 amide bonds. The average Bonchev–Trinajstić information content (AvgIpc) is 2.38. The summed E-state index contributed by atoms with van der Waals surface area (Å²) in [5.41, 5.74) is 0. The Morgan fingerprint density at radius 2 is 1.00 bits per heavy atom. The van der Waals surface area contributed by atoms with Gasteiger partial charge in [-0.15, -0.1) is 0 Å². The Morgan fingerprint density at radius 3 is 1.20 bits per heavy atom. The third-order valence-corrected chi connectivity index (χ3v) is 5.71. The normalized spacial score (nSPS) is 10.2. The fraction of sp³-hybridized carbons (Fsp3) is 0.941. The summed E-state index contributed by atoms with van der Waals surface area (Å²) >= 11 is 0. The van der Waals surface area contributed by atoms with Crippen molar-refractivity contribution in [3.05, 3.63) is 0 Å². The van der Waals surface area contributed by atoms with Crippen molar-refractivity contribution in [1.29, 1.82) is 0 Å². The van der Waals surface area contributed by atoms with E-state index in [4.69, 9.17) is 9.90 Å². The van der Waals surface area contributed by atoms with Crippen LogP contribution in [0.5, 0.6) is 0 Å². The number of carbonyl (C=O) groups excluding carboxylic acids is 1. The van der Waals surface area contributed by atoms with E-state index in [2.05, 4.69) is 20.8 Å². The molecule has 3 heteroatoms. The zero-order valence-corrected chi connectivity index (χ0v) is 15.0. The van der Waals surface area contributed by atoms with Gasteiger partial charge in [0, 0.05) is 5.97 Å². The summed E-state index contributed by atoms with van der Waals surface area (Å²) in [5, 5.41) is 8.89. The summed E-state index contributed by atoms with van der Waals surface area (Å²) in [5.74, 6) is 3.50. The molecular formula is C17H36O2S. The first kappa shape index (κ1) is 22.1. The second-order valence-electron chi connectivity index (χ2n) is 5.34. The smallest absolute Gasteiger partial charge is 0.108 e. The van der Waals surface area contributed by atoms with Crippen molar-refractivity contribution in [2.75, 3.05) is 17.3 Å². The molecule has 0 unspecified atom stereocenters. The highest BCUT2D eigenvalue weighted by Gasteiger charge is 2.15. The van der Waals surface area contributed by atoms with Gasteiger partial charge in [-0.1, -0.05) is 40.0 Å². The minimum absolute atomic E-state index is 0.771. The molecule has 0 saturated carbocycles. The number of carbonyl (C=O) groups is 1. The molecule has 0 saturated heterocycles. The van der Waals surface area contributed by atoms with E-state index in [1.807, 2.05) is 0 Å². The largest absolute Gasteiger partial charge is 0.550 e. The molecule has 0 aromatic heterocycles. The van der Waals surface area contributed by atoms with Crippen molar-refractivity contribution in [3.8, 4) is 0 Å². The molecule has 0 N–H and O–H groups in total. The second-order valence-corrected chi connectivity index (χ2v) is 7.79. The fourth-order valence-corrected chi connectivity index (χ4v) is 4.42. The topological polar surface area (TPSA) is 40.1 Å². The van der Waals surface area contributed by atoms with Gasteiger partial charge >= 0.3 is 0 Å². The van der Waals surface area contributed by atoms with Crippen LogP contribution in [0, 0.1) is 0 Å². The molecule has 0 aromatic rings. The number of rotatable bonds is 12. The van der Waals surface area contributed by atoms with Crippen molar-refractivity contribution in [1.82, 2.24) is 0 Å². The molecule has 0 aliphatic heterocycles. The van der Waals surface area contributed by atoms with Crippen LogP contribution in [0.2, 0.25) is 0 Å². The average molecular weight is 305 g/mol. The number of carboxylic acid groups (broad SMARTS) is 1. The fourth-order valence-electron chi connectivity index (χ4n) is 1.97. The Morgan fingerprint density at radius 1 is 0.750 bits per heavy atom. The van der Waals surface area contributed by atoms with Crippen molar-refractivity contribution in [2.24, 2.45) is 0 Å². The van der Waals surface area contributed by atoms with Gasteiger partial charge in [0.05, 0.1) is 0 Å². The summed E-state index contributed by atoms with van der Waals surface area (Å²) in [4.78, 5) is 8.89. The van der Waals surface area contributed by atoms with E-state index < -0.39 is 5.97 Å². The molecule has 0 radical (unpaired) electrons. The van der Waals surface area contributed by atoms with E-state index in [0.29, 0.717) is 0 Å². The molecule has 20 heavy (non-hydrogen) atoms. The Balaban J connectivity index is 0. The molecule has 0 atom stereocenters. The maximum Gasteiger partial charge on any atom is 0.108 e. The van der Waals surface area contributed by atoms with E-state index in [9.17, 15) is 0 Å². The van der Waals surface area contributed by atoms with Crippen LogP contribution in [-0.2, 0) is 15.7 Å². The van der Waals surface area contributed by atoms with Gasteiger partial charge in [0.25, 0.3) is 0 Å². The van der Waals surface area contributed by atoms with Gasteiger partial charge in [-0.05, 0) is 56.3 Å². The maximum absolute atomic E-state index is 8.89. The summed E-state index contributed by atoms with van der Waals surface area (Å²) in [7, 11) is 0.771. The highest BCUT2D eigenvalue weighted by molar-refractivity contribution is 7.96. The van der Waals surface area contributed by atoms with E-state index in [0.717, 1.165) is 17.8 Å². The standard InChI is InChI=1S/C15H33S.C2H4O2/c1-4-7-10-13-16(14-11-8-5-2)15-12-9-6-3;1-2(3)4/h4-15H2,1-3H3;1H3,(H,3,4)/q+1;/p-1. The van der Waals surface area contributed by atoms with E-state index >= 15 is 0 Å². The van der Waals surface area contributed by atoms with E-state index in [-0.39, 0.29) is 0 Å². The van der Waals surface area contributed by atoms with Crippen LogP contribution < -0.4 is 5.11 Å². The monoisotopic (exact) mass is 304 g/mol. The second kappa shape index (κ2) is 18.8. The Bertz CT molecular complexity index is 168. The van der Waals surface area contributed by atoms with Crippen molar-refractivity contribution < 1.29 is 9.90 Å². The zero-order chi connectivity index (χ0) is 15.6. The Hall–Kier alpha value is -0.180. The quantitative estimate of drug-likeness (QED) is 0.405. The van der Waals surface area contributed by atoms with Crippen LogP contribution in [0.1, 0.15) is 85.5 Å². The summed E-state index contributed by atoms with van der Waals surface area (Å²) in [6.07, 6.45) is 12.9. The molecule has 0 bridgehead atoms. The number of carboxylic acids is 1. The minimum atomic E-state index is -1.08. The first-order chi connectivity index (χ1) is 9.58. The molecule has 2 nitrogen and oxygen atoms in total. The van der Waals surface area contributed by atoms with Gasteiger partial charge in [-0.2, -0.15) is 0 Å². The lowest BCUT2D eigenvalue weighted by Crippen LogP contribution is -2.16. The number of unbranched alkanes of at least 4 members (excludes halogenated alkanes) is 6. The van der Waals surface area contributed by atoms with Crippen LogP contribution >= 0.6 is 0 Å². The van der Waals surface area contributed by atoms with Gasteiger partial charge in [0.1, 0.15) is 17.3 Å². The number of hydrogen-bond donors (Lipinski definition) is 0.